The lowest BCUT2D eigenvalue weighted by Crippen LogP contribution is -2.46. The summed E-state index contributed by atoms with van der Waals surface area (Å²) in [5.74, 6) is 0.156. The SMILES string of the molecule is COC(C)CNS(=O)(=O)CCN1CCNCC1. The normalized spacial score (nSPS) is 20.4. The van der Waals surface area contributed by atoms with Gasteiger partial charge in [0.2, 0.25) is 10.0 Å². The molecule has 1 aliphatic heterocycles. The van der Waals surface area contributed by atoms with Crippen LogP contribution in [0.3, 0.4) is 0 Å². The molecule has 0 aliphatic carbocycles. The standard InChI is InChI=1S/C10H23N3O3S/c1-10(16-2)9-12-17(14,15)8-7-13-5-3-11-4-6-13/h10-12H,3-9H2,1-2H3. The van der Waals surface area contributed by atoms with Gasteiger partial charge in [0.15, 0.2) is 0 Å². The van der Waals surface area contributed by atoms with E-state index in [1.54, 1.807) is 7.11 Å². The van der Waals surface area contributed by atoms with Gasteiger partial charge in [-0.15, -0.1) is 0 Å². The second-order valence-electron chi connectivity index (χ2n) is 4.31. The van der Waals surface area contributed by atoms with Crippen molar-refractivity contribution in [1.29, 1.82) is 0 Å². The molecule has 0 radical (unpaired) electrons. The second-order valence-corrected chi connectivity index (χ2v) is 6.23. The van der Waals surface area contributed by atoms with Crippen molar-refractivity contribution in [3.63, 3.8) is 0 Å². The Kier molecular flexibility index (Phi) is 6.35. The van der Waals surface area contributed by atoms with Gasteiger partial charge in [-0.05, 0) is 6.92 Å². The van der Waals surface area contributed by atoms with Crippen LogP contribution in [0.15, 0.2) is 0 Å². The summed E-state index contributed by atoms with van der Waals surface area (Å²) in [6, 6.07) is 0. The maximum Gasteiger partial charge on any atom is 0.212 e. The molecule has 1 fully saturated rings. The Morgan fingerprint density at radius 1 is 1.41 bits per heavy atom. The molecule has 0 spiro atoms. The molecule has 7 heteroatoms. The maximum atomic E-state index is 11.7. The molecule has 2 N–H and O–H groups in total. The van der Waals surface area contributed by atoms with Crippen molar-refractivity contribution in [2.45, 2.75) is 13.0 Å². The molecule has 1 aliphatic rings. The first-order valence-corrected chi connectivity index (χ1v) is 7.62. The number of hydrogen-bond donors (Lipinski definition) is 2. The number of nitrogens with zero attached hydrogens (tertiary/aromatic N) is 1. The maximum absolute atomic E-state index is 11.7. The van der Waals surface area contributed by atoms with E-state index < -0.39 is 10.0 Å². The summed E-state index contributed by atoms with van der Waals surface area (Å²) in [7, 11) is -1.61. The third-order valence-corrected chi connectivity index (χ3v) is 4.21. The van der Waals surface area contributed by atoms with Crippen molar-refractivity contribution in [1.82, 2.24) is 14.9 Å². The van der Waals surface area contributed by atoms with Gasteiger partial charge in [0.1, 0.15) is 0 Å². The molecule has 1 saturated heterocycles. The van der Waals surface area contributed by atoms with E-state index in [-0.39, 0.29) is 11.9 Å². The zero-order valence-electron chi connectivity index (χ0n) is 10.6. The highest BCUT2D eigenvalue weighted by molar-refractivity contribution is 7.89. The average Bonchev–Trinajstić information content (AvgIpc) is 2.35. The van der Waals surface area contributed by atoms with Gasteiger partial charge >= 0.3 is 0 Å². The van der Waals surface area contributed by atoms with Crippen molar-refractivity contribution >= 4 is 10.0 Å². The predicted octanol–water partition coefficient (Wildman–Crippen LogP) is -1.15. The summed E-state index contributed by atoms with van der Waals surface area (Å²) in [6.07, 6.45) is -0.0936. The van der Waals surface area contributed by atoms with Crippen molar-refractivity contribution in [3.8, 4) is 0 Å². The van der Waals surface area contributed by atoms with Gasteiger partial charge in [0.05, 0.1) is 11.9 Å². The molecular weight excluding hydrogens is 242 g/mol. The van der Waals surface area contributed by atoms with E-state index >= 15 is 0 Å². The first kappa shape index (κ1) is 14.8. The van der Waals surface area contributed by atoms with Gasteiger partial charge in [0, 0.05) is 46.4 Å². The lowest BCUT2D eigenvalue weighted by molar-refractivity contribution is 0.122. The zero-order valence-corrected chi connectivity index (χ0v) is 11.4. The van der Waals surface area contributed by atoms with Gasteiger partial charge < -0.3 is 10.1 Å². The van der Waals surface area contributed by atoms with E-state index in [4.69, 9.17) is 4.74 Å². The van der Waals surface area contributed by atoms with E-state index in [9.17, 15) is 8.42 Å². The van der Waals surface area contributed by atoms with Crippen LogP contribution in [0.5, 0.6) is 0 Å². The van der Waals surface area contributed by atoms with Crippen molar-refractivity contribution < 1.29 is 13.2 Å². The first-order chi connectivity index (χ1) is 8.03. The molecule has 102 valence electrons. The molecule has 1 atom stereocenters. The predicted molar refractivity (Wildman–Crippen MR) is 67.6 cm³/mol. The zero-order chi connectivity index (χ0) is 12.7. The topological polar surface area (TPSA) is 70.7 Å². The van der Waals surface area contributed by atoms with Crippen molar-refractivity contribution in [3.05, 3.63) is 0 Å². The van der Waals surface area contributed by atoms with Crippen LogP contribution in [0.4, 0.5) is 0 Å². The van der Waals surface area contributed by atoms with E-state index in [0.29, 0.717) is 13.1 Å². The van der Waals surface area contributed by atoms with E-state index in [0.717, 1.165) is 26.2 Å². The highest BCUT2D eigenvalue weighted by atomic mass is 32.2. The van der Waals surface area contributed by atoms with Crippen LogP contribution in [0.1, 0.15) is 6.92 Å². The van der Waals surface area contributed by atoms with Crippen molar-refractivity contribution in [2.24, 2.45) is 0 Å². The summed E-state index contributed by atoms with van der Waals surface area (Å²) in [5.41, 5.74) is 0. The van der Waals surface area contributed by atoms with Crippen LogP contribution >= 0.6 is 0 Å². The first-order valence-electron chi connectivity index (χ1n) is 5.97. The molecule has 0 aromatic heterocycles. The fourth-order valence-corrected chi connectivity index (χ4v) is 2.72. The third-order valence-electron chi connectivity index (χ3n) is 2.88. The van der Waals surface area contributed by atoms with Gasteiger partial charge in [-0.1, -0.05) is 0 Å². The largest absolute Gasteiger partial charge is 0.380 e. The summed E-state index contributed by atoms with van der Waals surface area (Å²) >= 11 is 0. The Bertz CT molecular complexity index is 302. The van der Waals surface area contributed by atoms with Gasteiger partial charge in [-0.25, -0.2) is 13.1 Å². The molecule has 17 heavy (non-hydrogen) atoms. The van der Waals surface area contributed by atoms with E-state index in [2.05, 4.69) is 14.9 Å². The van der Waals surface area contributed by atoms with E-state index in [1.165, 1.54) is 0 Å². The van der Waals surface area contributed by atoms with Crippen LogP contribution in [0.2, 0.25) is 0 Å². The molecule has 0 aromatic carbocycles. The lowest BCUT2D eigenvalue weighted by Gasteiger charge is -2.26. The van der Waals surface area contributed by atoms with Gasteiger partial charge in [-0.3, -0.25) is 4.90 Å². The molecule has 6 nitrogen and oxygen atoms in total. The number of methoxy groups -OCH3 is 1. The monoisotopic (exact) mass is 265 g/mol. The minimum absolute atomic E-state index is 0.0936. The summed E-state index contributed by atoms with van der Waals surface area (Å²) in [5, 5.41) is 3.24. The summed E-state index contributed by atoms with van der Waals surface area (Å²) < 4.78 is 30.9. The molecule has 1 rings (SSSR count). The Hall–Kier alpha value is -0.210. The number of rotatable bonds is 7. The Morgan fingerprint density at radius 3 is 2.65 bits per heavy atom. The van der Waals surface area contributed by atoms with Crippen LogP contribution in [-0.2, 0) is 14.8 Å². The Labute approximate surface area is 104 Å². The fourth-order valence-electron chi connectivity index (χ4n) is 1.58. The highest BCUT2D eigenvalue weighted by Crippen LogP contribution is 1.95. The average molecular weight is 265 g/mol. The van der Waals surface area contributed by atoms with Crippen LogP contribution in [-0.4, -0.2) is 71.6 Å². The quantitative estimate of drug-likeness (QED) is 0.608. The number of sulfonamides is 1. The number of piperazine rings is 1. The molecule has 1 unspecified atom stereocenters. The van der Waals surface area contributed by atoms with Crippen molar-refractivity contribution in [2.75, 3.05) is 52.1 Å². The minimum atomic E-state index is -3.18. The van der Waals surface area contributed by atoms with Gasteiger partial charge in [-0.2, -0.15) is 0 Å². The Morgan fingerprint density at radius 2 is 2.06 bits per heavy atom. The molecule has 0 bridgehead atoms. The summed E-state index contributed by atoms with van der Waals surface area (Å²) in [6.45, 7) is 6.48. The third kappa shape index (κ3) is 6.32. The molecule has 0 amide bonds. The molecule has 1 heterocycles. The number of ether oxygens (including phenoxy) is 1. The van der Waals surface area contributed by atoms with Crippen LogP contribution in [0.25, 0.3) is 0 Å². The minimum Gasteiger partial charge on any atom is -0.380 e. The fraction of sp³-hybridized carbons (Fsp3) is 1.00. The van der Waals surface area contributed by atoms with Gasteiger partial charge in [0.25, 0.3) is 0 Å². The smallest absolute Gasteiger partial charge is 0.212 e. The Balaban J connectivity index is 2.23. The summed E-state index contributed by atoms with van der Waals surface area (Å²) in [4.78, 5) is 2.16. The molecular formula is C10H23N3O3S. The number of hydrogen-bond acceptors (Lipinski definition) is 5. The van der Waals surface area contributed by atoms with Crippen LogP contribution < -0.4 is 10.0 Å². The second kappa shape index (κ2) is 7.27. The number of nitrogens with one attached hydrogen (secondary N) is 2. The molecule has 0 saturated carbocycles. The van der Waals surface area contributed by atoms with E-state index in [1.807, 2.05) is 6.92 Å². The lowest BCUT2D eigenvalue weighted by atomic mass is 10.4. The highest BCUT2D eigenvalue weighted by Gasteiger charge is 2.15. The molecule has 0 aromatic rings. The van der Waals surface area contributed by atoms with Crippen LogP contribution in [0, 0.1) is 0 Å².